The fourth-order valence-corrected chi connectivity index (χ4v) is 9.64. The van der Waals surface area contributed by atoms with E-state index in [9.17, 15) is 18.8 Å². The Labute approximate surface area is 300 Å². The Kier molecular flexibility index (Phi) is 9.48. The highest BCUT2D eigenvalue weighted by Crippen LogP contribution is 2.59. The van der Waals surface area contributed by atoms with Crippen LogP contribution in [0.2, 0.25) is 18.1 Å². The number of aromatic nitrogens is 8. The van der Waals surface area contributed by atoms with Gasteiger partial charge >= 0.3 is 14.6 Å². The normalized spacial score (nSPS) is 34.9. The molecule has 6 N–H and O–H groups in total. The number of alkyl halides is 1. The number of imidazole rings is 2. The van der Waals surface area contributed by atoms with Gasteiger partial charge in [-0.05, 0) is 18.1 Å². The first-order chi connectivity index (χ1) is 24.3. The SMILES string of the molecule is CC(C)(C)[Si](C)(C)O[C@H]1[C@H]2OP(=O)(S)OC[C@H]3OC(n4cnc5c(N)ncnc54)[C@H](F)[C@@H]3OP(=O)(O)OC[C@H]1O[C@H]2n1cnc2c(=O)[nH]c(N)nc21. The van der Waals surface area contributed by atoms with Gasteiger partial charge in [-0.25, -0.2) is 33.5 Å². The molecule has 7 heterocycles. The molecule has 0 saturated carbocycles. The lowest BCUT2D eigenvalue weighted by Crippen LogP contribution is -2.50. The van der Waals surface area contributed by atoms with E-state index in [1.807, 2.05) is 33.9 Å². The molecule has 3 fully saturated rings. The maximum Gasteiger partial charge on any atom is 0.472 e. The van der Waals surface area contributed by atoms with Gasteiger partial charge in [0.1, 0.15) is 42.4 Å². The van der Waals surface area contributed by atoms with Gasteiger partial charge in [-0.1, -0.05) is 33.0 Å². The predicted octanol–water partition coefficient (Wildman–Crippen LogP) is 2.60. The van der Waals surface area contributed by atoms with Gasteiger partial charge in [0, 0.05) is 0 Å². The molecule has 4 aromatic heterocycles. The molecule has 3 aliphatic heterocycles. The van der Waals surface area contributed by atoms with Crippen LogP contribution < -0.4 is 17.0 Å². The van der Waals surface area contributed by atoms with Crippen LogP contribution in [0.25, 0.3) is 22.3 Å². The van der Waals surface area contributed by atoms with Gasteiger partial charge in [0.05, 0.1) is 25.9 Å². The standard InChI is InChI=1S/C26H37FN10O11P2SSi/c1-26(2,3)52(4,5)48-17-12-6-42-49(39,40)46-16-11(44-23(13(16)27)36-9-32-14-19(28)30-8-31-20(14)36)7-43-50(41,51)47-18(17)24(45-12)37-10-33-15-21(37)34-25(29)35-22(15)38/h8-13,16-18,23-24H,6-7H2,1-5H3,(H,39,40)(H,41,51)(H2,28,30,31)(H3,29,34,35,38)/t11-,12-,13-,16-,17-,18-,23?,24-,50?/m1/s1. The first-order valence-corrected chi connectivity index (χ1v) is 22.9. The highest BCUT2D eigenvalue weighted by Gasteiger charge is 2.56. The van der Waals surface area contributed by atoms with Crippen LogP contribution >= 0.6 is 26.9 Å². The van der Waals surface area contributed by atoms with Gasteiger partial charge in [0.2, 0.25) is 5.95 Å². The van der Waals surface area contributed by atoms with E-state index >= 15 is 4.39 Å². The van der Waals surface area contributed by atoms with Crippen LogP contribution in [0.15, 0.2) is 23.8 Å². The van der Waals surface area contributed by atoms with Crippen molar-refractivity contribution in [2.45, 2.75) is 88.1 Å². The zero-order valence-corrected chi connectivity index (χ0v) is 32.0. The second-order valence-corrected chi connectivity index (χ2v) is 23.0. The van der Waals surface area contributed by atoms with Crippen LogP contribution in [-0.4, -0.2) is 102 Å². The molecule has 4 aromatic rings. The summed E-state index contributed by atoms with van der Waals surface area (Å²) in [6.45, 7) is 3.98. The van der Waals surface area contributed by atoms with Gasteiger partial charge in [-0.3, -0.25) is 37.0 Å². The molecule has 0 amide bonds. The maximum atomic E-state index is 16.2. The lowest BCUT2D eigenvalue weighted by atomic mass is 10.1. The molecule has 52 heavy (non-hydrogen) atoms. The summed E-state index contributed by atoms with van der Waals surface area (Å²) in [7, 11) is -7.85. The van der Waals surface area contributed by atoms with Crippen LogP contribution in [0.3, 0.4) is 0 Å². The molecule has 7 rings (SSSR count). The zero-order valence-electron chi connectivity index (χ0n) is 28.3. The maximum absolute atomic E-state index is 16.2. The highest BCUT2D eigenvalue weighted by atomic mass is 32.7. The number of ether oxygens (including phenoxy) is 2. The minimum Gasteiger partial charge on any atom is -0.408 e. The molecule has 0 spiro atoms. The molecular formula is C26H37FN10O11P2SSi. The van der Waals surface area contributed by atoms with Crippen molar-refractivity contribution in [3.8, 4) is 0 Å². The van der Waals surface area contributed by atoms with Crippen molar-refractivity contribution in [2.24, 2.45) is 0 Å². The number of nitrogens with zero attached hydrogens (tertiary/aromatic N) is 7. The van der Waals surface area contributed by atoms with Crippen molar-refractivity contribution in [1.82, 2.24) is 39.0 Å². The third-order valence-corrected chi connectivity index (χ3v) is 16.6. The third-order valence-electron chi connectivity index (χ3n) is 9.49. The number of thiol groups is 1. The number of rotatable bonds is 4. The number of anilines is 2. The number of aromatic amines is 1. The Hall–Kier alpha value is -2.86. The van der Waals surface area contributed by atoms with Crippen molar-refractivity contribution < 1.29 is 50.4 Å². The monoisotopic (exact) mass is 806 g/mol. The van der Waals surface area contributed by atoms with Crippen LogP contribution in [0.5, 0.6) is 0 Å². The van der Waals surface area contributed by atoms with Crippen molar-refractivity contribution in [2.75, 3.05) is 24.7 Å². The minimum atomic E-state index is -5.12. The summed E-state index contributed by atoms with van der Waals surface area (Å²) in [5.41, 5.74) is 11.3. The lowest BCUT2D eigenvalue weighted by Gasteiger charge is -2.40. The predicted molar refractivity (Wildman–Crippen MR) is 185 cm³/mol. The van der Waals surface area contributed by atoms with E-state index in [0.717, 1.165) is 6.33 Å². The second-order valence-electron chi connectivity index (χ2n) is 13.9. The van der Waals surface area contributed by atoms with Gasteiger partial charge < -0.3 is 30.3 Å². The number of H-pyrrole nitrogens is 1. The number of halogens is 1. The first-order valence-electron chi connectivity index (χ1n) is 15.8. The van der Waals surface area contributed by atoms with E-state index < -0.39 is 90.9 Å². The third kappa shape index (κ3) is 6.84. The molecular weight excluding hydrogens is 769 g/mol. The Balaban J connectivity index is 1.27. The van der Waals surface area contributed by atoms with Crippen molar-refractivity contribution in [3.05, 3.63) is 29.3 Å². The van der Waals surface area contributed by atoms with E-state index in [0.29, 0.717) is 0 Å². The van der Waals surface area contributed by atoms with Gasteiger partial charge in [0.15, 0.2) is 49.6 Å². The fourth-order valence-electron chi connectivity index (χ4n) is 5.91. The lowest BCUT2D eigenvalue weighted by molar-refractivity contribution is -0.0617. The van der Waals surface area contributed by atoms with Crippen molar-refractivity contribution >= 4 is 69.3 Å². The fraction of sp³-hybridized carbons (Fsp3) is 0.615. The average Bonchev–Trinajstić information content (AvgIpc) is 3.80. The van der Waals surface area contributed by atoms with Gasteiger partial charge in [-0.2, -0.15) is 4.98 Å². The number of nitrogens with two attached hydrogens (primary N) is 2. The first kappa shape index (κ1) is 37.5. The van der Waals surface area contributed by atoms with Crippen LogP contribution in [0.4, 0.5) is 16.2 Å². The molecule has 3 unspecified atom stereocenters. The van der Waals surface area contributed by atoms with Gasteiger partial charge in [0.25, 0.3) is 5.56 Å². The summed E-state index contributed by atoms with van der Waals surface area (Å²) >= 11 is 4.24. The number of nitrogens with one attached hydrogen (secondary N) is 1. The van der Waals surface area contributed by atoms with E-state index in [-0.39, 0.29) is 39.1 Å². The molecule has 26 heteroatoms. The Morgan fingerprint density at radius 1 is 0.981 bits per heavy atom. The Bertz CT molecular complexity index is 2170. The zero-order chi connectivity index (χ0) is 37.5. The topological polar surface area (TPSA) is 278 Å². The van der Waals surface area contributed by atoms with Crippen LogP contribution in [-0.2, 0) is 41.1 Å². The summed E-state index contributed by atoms with van der Waals surface area (Å²) in [5, 5.41) is -0.370. The quantitative estimate of drug-likeness (QED) is 0.113. The summed E-state index contributed by atoms with van der Waals surface area (Å²) < 4.78 is 88.0. The van der Waals surface area contributed by atoms with Crippen molar-refractivity contribution in [1.29, 1.82) is 0 Å². The van der Waals surface area contributed by atoms with E-state index in [1.54, 1.807) is 0 Å². The molecule has 0 aromatic carbocycles. The van der Waals surface area contributed by atoms with E-state index in [4.69, 9.17) is 43.5 Å². The number of hydrogen-bond donors (Lipinski definition) is 5. The molecule has 10 atom stereocenters. The van der Waals surface area contributed by atoms with Gasteiger partial charge in [-0.15, -0.1) is 0 Å². The summed E-state index contributed by atoms with van der Waals surface area (Å²) in [6, 6.07) is 0. The number of hydrogen-bond acceptors (Lipinski definition) is 17. The minimum absolute atomic E-state index is 0.0130. The average molecular weight is 807 g/mol. The molecule has 3 aliphatic rings. The highest BCUT2D eigenvalue weighted by molar-refractivity contribution is 8.44. The smallest absolute Gasteiger partial charge is 0.408 e. The Morgan fingerprint density at radius 2 is 1.63 bits per heavy atom. The molecule has 0 aliphatic carbocycles. The number of phosphoric acid groups is 1. The summed E-state index contributed by atoms with van der Waals surface area (Å²) in [6.07, 6.45) is -8.34. The number of fused-ring (bicyclic) bond motifs is 5. The van der Waals surface area contributed by atoms with Crippen LogP contribution in [0.1, 0.15) is 33.2 Å². The van der Waals surface area contributed by atoms with E-state index in [1.165, 1.54) is 21.8 Å². The molecule has 21 nitrogen and oxygen atoms in total. The largest absolute Gasteiger partial charge is 0.472 e. The van der Waals surface area contributed by atoms with Crippen molar-refractivity contribution in [3.63, 3.8) is 0 Å². The molecule has 3 saturated heterocycles. The van der Waals surface area contributed by atoms with Crippen LogP contribution in [0, 0.1) is 0 Å². The number of phosphoric ester groups is 1. The van der Waals surface area contributed by atoms with E-state index in [2.05, 4.69) is 42.2 Å². The molecule has 2 bridgehead atoms. The molecule has 0 radical (unpaired) electrons. The Morgan fingerprint density at radius 3 is 2.35 bits per heavy atom. The summed E-state index contributed by atoms with van der Waals surface area (Å²) in [5.74, 6) is -0.191. The second kappa shape index (κ2) is 13.2. The number of nitrogen functional groups attached to an aromatic ring is 2. The molecule has 284 valence electrons. The summed E-state index contributed by atoms with van der Waals surface area (Å²) in [4.78, 5) is 46.4.